The lowest BCUT2D eigenvalue weighted by atomic mass is 10.1. The first-order valence-electron chi connectivity index (χ1n) is 9.18. The van der Waals surface area contributed by atoms with Gasteiger partial charge in [-0.1, -0.05) is 24.3 Å². The molecular formula is C21H23N4O3+. The first kappa shape index (κ1) is 19.4. The molecule has 0 saturated heterocycles. The third-order valence-corrected chi connectivity index (χ3v) is 4.54. The van der Waals surface area contributed by atoms with Crippen molar-refractivity contribution in [2.75, 3.05) is 18.4 Å². The molecule has 1 aromatic heterocycles. The van der Waals surface area contributed by atoms with Gasteiger partial charge < -0.3 is 15.2 Å². The summed E-state index contributed by atoms with van der Waals surface area (Å²) in [6.07, 6.45) is 0. The smallest absolute Gasteiger partial charge is 0.279 e. The van der Waals surface area contributed by atoms with Gasteiger partial charge >= 0.3 is 0 Å². The summed E-state index contributed by atoms with van der Waals surface area (Å²) in [5.41, 5.74) is 1.60. The second-order valence-corrected chi connectivity index (χ2v) is 6.67. The Bertz CT molecular complexity index is 1070. The molecule has 1 atom stereocenters. The highest BCUT2D eigenvalue weighted by Crippen LogP contribution is 2.10. The van der Waals surface area contributed by atoms with Crippen LogP contribution >= 0.6 is 0 Å². The summed E-state index contributed by atoms with van der Waals surface area (Å²) >= 11 is 0. The molecule has 1 unspecified atom stereocenters. The standard InChI is InChI=1S/C21H22N4O3/c1-3-25(12-19-23-18-10-5-4-9-17(18)21(28)24-19)13-20(27)22-16-8-6-7-15(11-16)14(2)26/h4-11H,3,12-13H2,1-2H3,(H,22,27)(H,23,24,28)/p+1. The second-order valence-electron chi connectivity index (χ2n) is 6.67. The lowest BCUT2D eigenvalue weighted by molar-refractivity contribution is -0.904. The maximum atomic E-state index is 12.4. The maximum absolute atomic E-state index is 12.4. The number of hydrogen-bond donors (Lipinski definition) is 3. The molecule has 144 valence electrons. The zero-order chi connectivity index (χ0) is 20.1. The number of fused-ring (bicyclic) bond motifs is 1. The lowest BCUT2D eigenvalue weighted by Gasteiger charge is -2.17. The Hall–Kier alpha value is -3.32. The molecule has 28 heavy (non-hydrogen) atoms. The Morgan fingerprint density at radius 3 is 2.68 bits per heavy atom. The highest BCUT2D eigenvalue weighted by atomic mass is 16.2. The molecule has 3 N–H and O–H groups in total. The van der Waals surface area contributed by atoms with Crippen molar-refractivity contribution in [3.05, 3.63) is 70.3 Å². The van der Waals surface area contributed by atoms with E-state index in [1.54, 1.807) is 42.5 Å². The number of amides is 1. The fourth-order valence-corrected chi connectivity index (χ4v) is 3.02. The summed E-state index contributed by atoms with van der Waals surface area (Å²) in [7, 11) is 0. The number of carbonyl (C=O) groups is 2. The van der Waals surface area contributed by atoms with E-state index < -0.39 is 0 Å². The van der Waals surface area contributed by atoms with E-state index in [0.29, 0.717) is 41.1 Å². The number of aromatic amines is 1. The van der Waals surface area contributed by atoms with E-state index in [2.05, 4.69) is 15.3 Å². The van der Waals surface area contributed by atoms with Gasteiger partial charge in [0.1, 0.15) is 6.54 Å². The van der Waals surface area contributed by atoms with Crippen LogP contribution in [-0.4, -0.2) is 34.7 Å². The van der Waals surface area contributed by atoms with Crippen LogP contribution in [0.2, 0.25) is 0 Å². The molecule has 0 spiro atoms. The molecule has 3 aromatic rings. The van der Waals surface area contributed by atoms with Crippen LogP contribution in [0.5, 0.6) is 0 Å². The number of hydrogen-bond acceptors (Lipinski definition) is 4. The number of Topliss-reactive ketones (excluding diaryl/α,β-unsaturated/α-hetero) is 1. The van der Waals surface area contributed by atoms with Crippen LogP contribution in [0.3, 0.4) is 0 Å². The van der Waals surface area contributed by atoms with Crippen molar-refractivity contribution >= 4 is 28.3 Å². The van der Waals surface area contributed by atoms with E-state index in [4.69, 9.17) is 0 Å². The van der Waals surface area contributed by atoms with Crippen molar-refractivity contribution in [2.24, 2.45) is 0 Å². The van der Waals surface area contributed by atoms with E-state index in [1.807, 2.05) is 13.0 Å². The highest BCUT2D eigenvalue weighted by Gasteiger charge is 2.16. The minimum atomic E-state index is -0.179. The molecule has 1 amide bonds. The van der Waals surface area contributed by atoms with Gasteiger partial charge in [-0.05, 0) is 38.1 Å². The summed E-state index contributed by atoms with van der Waals surface area (Å²) < 4.78 is 0. The number of benzene rings is 2. The van der Waals surface area contributed by atoms with Crippen LogP contribution in [0.25, 0.3) is 10.9 Å². The van der Waals surface area contributed by atoms with Crippen LogP contribution in [-0.2, 0) is 11.3 Å². The number of carbonyl (C=O) groups excluding carboxylic acids is 2. The maximum Gasteiger partial charge on any atom is 0.279 e. The molecular weight excluding hydrogens is 356 g/mol. The van der Waals surface area contributed by atoms with Crippen LogP contribution < -0.4 is 15.8 Å². The van der Waals surface area contributed by atoms with Crippen molar-refractivity contribution in [2.45, 2.75) is 20.4 Å². The third-order valence-electron chi connectivity index (χ3n) is 4.54. The number of anilines is 1. The molecule has 1 heterocycles. The van der Waals surface area contributed by atoms with Gasteiger partial charge in [-0.15, -0.1) is 0 Å². The number of para-hydroxylation sites is 1. The third kappa shape index (κ3) is 4.69. The van der Waals surface area contributed by atoms with Gasteiger partial charge in [-0.25, -0.2) is 4.98 Å². The zero-order valence-electron chi connectivity index (χ0n) is 15.9. The van der Waals surface area contributed by atoms with E-state index in [9.17, 15) is 14.4 Å². The first-order valence-corrected chi connectivity index (χ1v) is 9.18. The molecule has 0 aliphatic heterocycles. The molecule has 0 aliphatic rings. The quantitative estimate of drug-likeness (QED) is 0.537. The van der Waals surface area contributed by atoms with E-state index in [1.165, 1.54) is 6.92 Å². The van der Waals surface area contributed by atoms with Gasteiger partial charge in [0, 0.05) is 11.3 Å². The number of H-pyrrole nitrogens is 1. The topological polar surface area (TPSA) is 96.4 Å². The monoisotopic (exact) mass is 379 g/mol. The summed E-state index contributed by atoms with van der Waals surface area (Å²) in [6, 6.07) is 14.0. The number of aromatic nitrogens is 2. The van der Waals surface area contributed by atoms with Crippen LogP contribution in [0.15, 0.2) is 53.3 Å². The van der Waals surface area contributed by atoms with Crippen LogP contribution in [0.1, 0.15) is 30.0 Å². The molecule has 0 saturated carbocycles. The van der Waals surface area contributed by atoms with Crippen molar-refractivity contribution in [3.8, 4) is 0 Å². The molecule has 0 fully saturated rings. The van der Waals surface area contributed by atoms with Gasteiger partial charge in [0.15, 0.2) is 18.2 Å². The summed E-state index contributed by atoms with van der Waals surface area (Å²) in [6.45, 7) is 4.80. The molecule has 0 bridgehead atoms. The van der Waals surface area contributed by atoms with E-state index in [0.717, 1.165) is 4.90 Å². The average Bonchev–Trinajstić information content (AvgIpc) is 2.67. The molecule has 0 radical (unpaired) electrons. The van der Waals surface area contributed by atoms with Gasteiger partial charge in [0.2, 0.25) is 0 Å². The van der Waals surface area contributed by atoms with Crippen molar-refractivity contribution in [3.63, 3.8) is 0 Å². The second kappa shape index (κ2) is 8.58. The molecule has 7 nitrogen and oxygen atoms in total. The van der Waals surface area contributed by atoms with E-state index in [-0.39, 0.29) is 23.8 Å². The first-order chi connectivity index (χ1) is 13.5. The normalized spacial score (nSPS) is 11.9. The Morgan fingerprint density at radius 1 is 1.14 bits per heavy atom. The highest BCUT2D eigenvalue weighted by molar-refractivity contribution is 5.97. The van der Waals surface area contributed by atoms with Gasteiger partial charge in [-0.3, -0.25) is 14.4 Å². The Balaban J connectivity index is 1.69. The number of ketones is 1. The predicted molar refractivity (Wildman–Crippen MR) is 108 cm³/mol. The summed E-state index contributed by atoms with van der Waals surface area (Å²) in [5.74, 6) is 0.329. The number of quaternary nitrogens is 1. The molecule has 0 aliphatic carbocycles. The summed E-state index contributed by atoms with van der Waals surface area (Å²) in [4.78, 5) is 44.4. The number of rotatable bonds is 7. The molecule has 2 aromatic carbocycles. The minimum absolute atomic E-state index is 0.0526. The van der Waals surface area contributed by atoms with Gasteiger partial charge in [0.05, 0.1) is 17.4 Å². The molecule has 3 rings (SSSR count). The fourth-order valence-electron chi connectivity index (χ4n) is 3.02. The average molecular weight is 379 g/mol. The predicted octanol–water partition coefficient (Wildman–Crippen LogP) is 1.17. The molecule has 7 heteroatoms. The Kier molecular flexibility index (Phi) is 5.96. The van der Waals surface area contributed by atoms with Gasteiger partial charge in [0.25, 0.3) is 11.5 Å². The number of likely N-dealkylation sites (N-methyl/N-ethyl adjacent to an activating group) is 1. The fraction of sp³-hybridized carbons (Fsp3) is 0.238. The van der Waals surface area contributed by atoms with Crippen molar-refractivity contribution < 1.29 is 14.5 Å². The Morgan fingerprint density at radius 2 is 1.93 bits per heavy atom. The van der Waals surface area contributed by atoms with E-state index >= 15 is 0 Å². The number of nitrogens with zero attached hydrogens (tertiary/aromatic N) is 1. The number of nitrogens with one attached hydrogen (secondary N) is 3. The van der Waals surface area contributed by atoms with Gasteiger partial charge in [-0.2, -0.15) is 0 Å². The SMILES string of the molecule is CC[NH+](CC(=O)Nc1cccc(C(C)=O)c1)Cc1nc2ccccc2c(=O)[nH]1. The lowest BCUT2D eigenvalue weighted by Crippen LogP contribution is -3.11. The minimum Gasteiger partial charge on any atom is -0.321 e. The van der Waals surface area contributed by atoms with Crippen molar-refractivity contribution in [1.82, 2.24) is 9.97 Å². The van der Waals surface area contributed by atoms with Crippen LogP contribution in [0.4, 0.5) is 5.69 Å². The Labute approximate surface area is 162 Å². The zero-order valence-corrected chi connectivity index (χ0v) is 15.9. The van der Waals surface area contributed by atoms with Crippen molar-refractivity contribution in [1.29, 1.82) is 0 Å². The summed E-state index contributed by atoms with van der Waals surface area (Å²) in [5, 5.41) is 3.37. The van der Waals surface area contributed by atoms with Crippen LogP contribution in [0, 0.1) is 0 Å². The largest absolute Gasteiger partial charge is 0.321 e.